The molecule has 0 amide bonds. The molecule has 9 nitrogen and oxygen atoms in total. The lowest BCUT2D eigenvalue weighted by atomic mass is 10.2. The molecule has 0 atom stereocenters. The van der Waals surface area contributed by atoms with Gasteiger partial charge in [0.05, 0.1) is 25.5 Å². The molecule has 2 heterocycles. The van der Waals surface area contributed by atoms with Crippen LogP contribution in [0.3, 0.4) is 0 Å². The predicted octanol–water partition coefficient (Wildman–Crippen LogP) is 1.56. The fraction of sp³-hybridized carbons (Fsp3) is 0.267. The molecular weight excluding hydrogens is 432 g/mol. The van der Waals surface area contributed by atoms with Crippen molar-refractivity contribution in [3.05, 3.63) is 40.0 Å². The van der Waals surface area contributed by atoms with Gasteiger partial charge < -0.3 is 15.2 Å². The monoisotopic (exact) mass is 447 g/mol. The van der Waals surface area contributed by atoms with Gasteiger partial charge >= 0.3 is 11.9 Å². The van der Waals surface area contributed by atoms with E-state index in [1.807, 2.05) is 0 Å². The van der Waals surface area contributed by atoms with Crippen LogP contribution in [-0.4, -0.2) is 41.5 Å². The number of nitrogens with zero attached hydrogens (tertiary/aromatic N) is 3. The SMILES string of the molecule is CCOC(=O)/C(N)=C(\C(F)F)N(N)c1cc(C(=O)OC)cn2c(Br)cnc12. The Kier molecular flexibility index (Phi) is 6.33. The molecule has 0 saturated carbocycles. The zero-order valence-electron chi connectivity index (χ0n) is 14.3. The van der Waals surface area contributed by atoms with Gasteiger partial charge in [0.2, 0.25) is 0 Å². The van der Waals surface area contributed by atoms with Gasteiger partial charge in [0.15, 0.2) is 5.65 Å². The average Bonchev–Trinajstić information content (AvgIpc) is 3.01. The van der Waals surface area contributed by atoms with Crippen molar-refractivity contribution in [1.29, 1.82) is 0 Å². The Bertz CT molecular complexity index is 915. The van der Waals surface area contributed by atoms with E-state index in [4.69, 9.17) is 11.6 Å². The summed E-state index contributed by atoms with van der Waals surface area (Å²) in [5.74, 6) is 3.97. The number of carbonyl (C=O) groups excluding carboxylic acids is 2. The van der Waals surface area contributed by atoms with E-state index < -0.39 is 29.8 Å². The molecule has 0 radical (unpaired) electrons. The Morgan fingerprint density at radius 2 is 2.11 bits per heavy atom. The van der Waals surface area contributed by atoms with E-state index in [0.717, 1.165) is 0 Å². The van der Waals surface area contributed by atoms with Crippen molar-refractivity contribution in [2.45, 2.75) is 13.3 Å². The third kappa shape index (κ3) is 4.01. The first kappa shape index (κ1) is 20.6. The summed E-state index contributed by atoms with van der Waals surface area (Å²) in [6.45, 7) is 1.44. The second-order valence-electron chi connectivity index (χ2n) is 5.07. The second-order valence-corrected chi connectivity index (χ2v) is 5.88. The summed E-state index contributed by atoms with van der Waals surface area (Å²) in [5.41, 5.74) is 3.72. The maximum Gasteiger partial charge on any atom is 0.356 e. The highest BCUT2D eigenvalue weighted by molar-refractivity contribution is 9.10. The summed E-state index contributed by atoms with van der Waals surface area (Å²) in [6.07, 6.45) is -0.441. The number of allylic oxidation sites excluding steroid dienone is 1. The summed E-state index contributed by atoms with van der Waals surface area (Å²) < 4.78 is 38.4. The predicted molar refractivity (Wildman–Crippen MR) is 94.7 cm³/mol. The van der Waals surface area contributed by atoms with E-state index in [1.54, 1.807) is 0 Å². The first-order valence-corrected chi connectivity index (χ1v) is 8.26. The van der Waals surface area contributed by atoms with Gasteiger partial charge in [0.1, 0.15) is 21.7 Å². The minimum atomic E-state index is -3.21. The van der Waals surface area contributed by atoms with Crippen molar-refractivity contribution in [3.63, 3.8) is 0 Å². The van der Waals surface area contributed by atoms with Gasteiger partial charge in [0, 0.05) is 6.20 Å². The number of anilines is 1. The molecule has 0 fully saturated rings. The van der Waals surface area contributed by atoms with E-state index in [9.17, 15) is 18.4 Å². The molecule has 0 aromatic carbocycles. The Morgan fingerprint density at radius 3 is 2.67 bits per heavy atom. The first-order valence-electron chi connectivity index (χ1n) is 7.47. The molecule has 27 heavy (non-hydrogen) atoms. The normalized spacial score (nSPS) is 12.1. The fourth-order valence-corrected chi connectivity index (χ4v) is 2.62. The molecule has 2 rings (SSSR count). The van der Waals surface area contributed by atoms with Crippen molar-refractivity contribution < 1.29 is 27.8 Å². The molecule has 0 aliphatic heterocycles. The number of hydrogen-bond donors (Lipinski definition) is 2. The number of alkyl halides is 2. The molecule has 146 valence electrons. The zero-order chi connectivity index (χ0) is 20.3. The summed E-state index contributed by atoms with van der Waals surface area (Å²) >= 11 is 3.22. The molecule has 0 bridgehead atoms. The number of carbonyl (C=O) groups is 2. The molecule has 0 spiro atoms. The number of pyridine rings is 1. The molecule has 12 heteroatoms. The van der Waals surface area contributed by atoms with Crippen molar-refractivity contribution in [3.8, 4) is 0 Å². The Hall–Kier alpha value is -2.73. The smallest absolute Gasteiger partial charge is 0.356 e. The average molecular weight is 448 g/mol. The van der Waals surface area contributed by atoms with Crippen LogP contribution in [-0.2, 0) is 14.3 Å². The van der Waals surface area contributed by atoms with Crippen LogP contribution in [0.25, 0.3) is 5.65 Å². The van der Waals surface area contributed by atoms with E-state index in [2.05, 4.69) is 30.4 Å². The quantitative estimate of drug-likeness (QED) is 0.295. The van der Waals surface area contributed by atoms with Gasteiger partial charge in [0.25, 0.3) is 6.43 Å². The van der Waals surface area contributed by atoms with Crippen LogP contribution in [0, 0.1) is 0 Å². The number of fused-ring (bicyclic) bond motifs is 1. The summed E-state index contributed by atoms with van der Waals surface area (Å²) in [7, 11) is 1.17. The highest BCUT2D eigenvalue weighted by atomic mass is 79.9. The second kappa shape index (κ2) is 8.31. The minimum absolute atomic E-state index is 0.0115. The molecular formula is C15H16BrF2N5O4. The van der Waals surface area contributed by atoms with Crippen LogP contribution in [0.1, 0.15) is 17.3 Å². The molecule has 0 unspecified atom stereocenters. The van der Waals surface area contributed by atoms with Crippen molar-refractivity contribution in [2.75, 3.05) is 18.7 Å². The number of rotatable bonds is 6. The van der Waals surface area contributed by atoms with Gasteiger partial charge in [-0.05, 0) is 28.9 Å². The molecule has 0 saturated heterocycles. The van der Waals surface area contributed by atoms with Gasteiger partial charge in [-0.1, -0.05) is 0 Å². The maximum atomic E-state index is 13.6. The van der Waals surface area contributed by atoms with Gasteiger partial charge in [-0.2, -0.15) is 0 Å². The number of ether oxygens (including phenoxy) is 2. The lowest BCUT2D eigenvalue weighted by Crippen LogP contribution is -2.38. The molecule has 0 aliphatic rings. The Morgan fingerprint density at radius 1 is 1.44 bits per heavy atom. The number of hydrogen-bond acceptors (Lipinski definition) is 8. The van der Waals surface area contributed by atoms with E-state index in [0.29, 0.717) is 9.61 Å². The van der Waals surface area contributed by atoms with Crippen LogP contribution in [0.5, 0.6) is 0 Å². The third-order valence-corrected chi connectivity index (χ3v) is 4.05. The van der Waals surface area contributed by atoms with Crippen LogP contribution < -0.4 is 16.6 Å². The van der Waals surface area contributed by atoms with Gasteiger partial charge in [-0.15, -0.1) is 0 Å². The van der Waals surface area contributed by atoms with Gasteiger partial charge in [-0.25, -0.2) is 29.2 Å². The number of nitrogens with two attached hydrogens (primary N) is 2. The summed E-state index contributed by atoms with van der Waals surface area (Å²) in [5, 5.41) is 0.498. The van der Waals surface area contributed by atoms with E-state index in [-0.39, 0.29) is 23.5 Å². The number of aromatic nitrogens is 2. The molecule has 2 aromatic heterocycles. The largest absolute Gasteiger partial charge is 0.465 e. The van der Waals surface area contributed by atoms with Crippen LogP contribution in [0.2, 0.25) is 0 Å². The van der Waals surface area contributed by atoms with Crippen molar-refractivity contribution in [1.82, 2.24) is 9.38 Å². The number of esters is 2. The minimum Gasteiger partial charge on any atom is -0.465 e. The lowest BCUT2D eigenvalue weighted by Gasteiger charge is -2.23. The zero-order valence-corrected chi connectivity index (χ0v) is 15.9. The Balaban J connectivity index is 2.70. The Labute approximate surface area is 160 Å². The van der Waals surface area contributed by atoms with Crippen LogP contribution in [0.4, 0.5) is 14.5 Å². The lowest BCUT2D eigenvalue weighted by molar-refractivity contribution is -0.138. The van der Waals surface area contributed by atoms with E-state index in [1.165, 1.54) is 36.9 Å². The first-order chi connectivity index (χ1) is 12.7. The van der Waals surface area contributed by atoms with Crippen LogP contribution in [0.15, 0.2) is 34.5 Å². The van der Waals surface area contributed by atoms with Crippen LogP contribution >= 0.6 is 15.9 Å². The van der Waals surface area contributed by atoms with Crippen molar-refractivity contribution in [2.24, 2.45) is 11.6 Å². The highest BCUT2D eigenvalue weighted by Crippen LogP contribution is 2.29. The molecule has 0 aliphatic carbocycles. The number of imidazole rings is 1. The highest BCUT2D eigenvalue weighted by Gasteiger charge is 2.28. The molecule has 2 aromatic rings. The van der Waals surface area contributed by atoms with Crippen molar-refractivity contribution >= 4 is 39.2 Å². The van der Waals surface area contributed by atoms with E-state index >= 15 is 0 Å². The van der Waals surface area contributed by atoms with Gasteiger partial charge in [-0.3, -0.25) is 9.41 Å². The summed E-state index contributed by atoms with van der Waals surface area (Å²) in [6, 6.07) is 1.20. The number of hydrazine groups is 1. The summed E-state index contributed by atoms with van der Waals surface area (Å²) in [4.78, 5) is 27.8. The number of methoxy groups -OCH3 is 1. The molecule has 4 N–H and O–H groups in total. The maximum absolute atomic E-state index is 13.6. The standard InChI is InChI=1S/C15H16BrF2N5O4/c1-3-27-15(25)10(19)11(12(17)18)23(20)8-4-7(14(24)26-2)6-22-9(16)5-21-13(8)22/h4-6,12H,3,19-20H2,1-2H3/b11-10-. The fourth-order valence-electron chi connectivity index (χ4n) is 2.24. The number of halogens is 3. The third-order valence-electron chi connectivity index (χ3n) is 3.46. The topological polar surface area (TPSA) is 125 Å².